The highest BCUT2D eigenvalue weighted by Crippen LogP contribution is 2.26. The molecule has 62 heavy (non-hydrogen) atoms. The molecule has 0 saturated carbocycles. The van der Waals surface area contributed by atoms with Crippen molar-refractivity contribution in [2.45, 2.75) is 202 Å². The lowest BCUT2D eigenvalue weighted by Gasteiger charge is -2.32. The summed E-state index contributed by atoms with van der Waals surface area (Å²) in [4.78, 5) is 66.6. The summed E-state index contributed by atoms with van der Waals surface area (Å²) in [5, 5.41) is 0. The minimum atomic E-state index is -1.18. The van der Waals surface area contributed by atoms with Crippen LogP contribution in [0.4, 0.5) is 0 Å². The summed E-state index contributed by atoms with van der Waals surface area (Å²) < 4.78 is 34.9. The number of hydrogen-bond donors (Lipinski definition) is 0. The van der Waals surface area contributed by atoms with Crippen molar-refractivity contribution in [2.75, 3.05) is 66.9 Å². The van der Waals surface area contributed by atoms with E-state index in [9.17, 15) is 24.0 Å². The average Bonchev–Trinajstić information content (AvgIpc) is 3.23. The van der Waals surface area contributed by atoms with Crippen LogP contribution in [0.2, 0.25) is 0 Å². The summed E-state index contributed by atoms with van der Waals surface area (Å²) in [6, 6.07) is 0. The number of carbonyl (C=O) groups excluding carboxylic acids is 5. The standard InChI is InChI=1S/C50H93NO11/c1-9-15-17-27-42(28-18-16-10-2)35-49(56)62-41-50(40-61-48(55)32-22-33-51(7)8,38-57-34-20-19-29-45(52)58-36-43(23-11-3)24-12-4)39-60-47(54)31-21-30-46(53)59-37-44(25-13-5)26-14-6/h42-44H,9-41H2,1-8H3. The fourth-order valence-corrected chi connectivity index (χ4v) is 7.60. The molecule has 0 saturated heterocycles. The second-order valence-corrected chi connectivity index (χ2v) is 18.1. The molecule has 0 amide bonds. The summed E-state index contributed by atoms with van der Waals surface area (Å²) in [6.45, 7) is 14.1. The van der Waals surface area contributed by atoms with Crippen molar-refractivity contribution >= 4 is 29.8 Å². The highest BCUT2D eigenvalue weighted by molar-refractivity contribution is 5.73. The molecule has 0 aromatic rings. The summed E-state index contributed by atoms with van der Waals surface area (Å²) in [7, 11) is 3.88. The summed E-state index contributed by atoms with van der Waals surface area (Å²) in [5.74, 6) is -0.876. The third-order valence-electron chi connectivity index (χ3n) is 11.3. The zero-order valence-corrected chi connectivity index (χ0v) is 41.0. The molecule has 0 aromatic heterocycles. The van der Waals surface area contributed by atoms with Crippen LogP contribution in [-0.2, 0) is 52.4 Å². The van der Waals surface area contributed by atoms with Gasteiger partial charge < -0.3 is 33.3 Å². The normalized spacial score (nSPS) is 12.5. The van der Waals surface area contributed by atoms with Gasteiger partial charge in [-0.25, -0.2) is 0 Å². The molecular formula is C50H93NO11. The SMILES string of the molecule is CCCCCC(CCCCC)CC(=O)OCC(COCCCCC(=O)OCC(CCC)CCC)(COC(=O)CCCC(=O)OCC(CCC)CCC)COC(=O)CCCN(C)C. The van der Waals surface area contributed by atoms with Gasteiger partial charge in [-0.05, 0) is 103 Å². The average molecular weight is 884 g/mol. The van der Waals surface area contributed by atoms with Gasteiger partial charge in [0, 0.05) is 38.7 Å². The Kier molecular flexibility index (Phi) is 38.1. The van der Waals surface area contributed by atoms with Crippen molar-refractivity contribution in [1.82, 2.24) is 4.90 Å². The van der Waals surface area contributed by atoms with Gasteiger partial charge in [0.25, 0.3) is 0 Å². The van der Waals surface area contributed by atoms with E-state index in [1.54, 1.807) is 0 Å². The van der Waals surface area contributed by atoms with E-state index in [0.29, 0.717) is 57.5 Å². The molecule has 0 N–H and O–H groups in total. The predicted molar refractivity (Wildman–Crippen MR) is 247 cm³/mol. The molecule has 0 aliphatic rings. The Bertz CT molecular complexity index is 1130. The molecule has 0 heterocycles. The van der Waals surface area contributed by atoms with Crippen LogP contribution in [-0.4, -0.2) is 102 Å². The van der Waals surface area contributed by atoms with Gasteiger partial charge in [-0.1, -0.05) is 106 Å². The summed E-state index contributed by atoms with van der Waals surface area (Å²) >= 11 is 0. The van der Waals surface area contributed by atoms with E-state index in [-0.39, 0.29) is 88.8 Å². The van der Waals surface area contributed by atoms with E-state index in [1.165, 1.54) is 0 Å². The Morgan fingerprint density at radius 3 is 1.27 bits per heavy atom. The molecule has 0 fully saturated rings. The van der Waals surface area contributed by atoms with Crippen LogP contribution in [0.5, 0.6) is 0 Å². The lowest BCUT2D eigenvalue weighted by molar-refractivity contribution is -0.168. The molecule has 0 aromatic carbocycles. The van der Waals surface area contributed by atoms with Crippen LogP contribution in [0.15, 0.2) is 0 Å². The lowest BCUT2D eigenvalue weighted by Crippen LogP contribution is -2.43. The smallest absolute Gasteiger partial charge is 0.306 e. The molecule has 0 bridgehead atoms. The van der Waals surface area contributed by atoms with E-state index >= 15 is 0 Å². The van der Waals surface area contributed by atoms with Gasteiger partial charge in [0.05, 0.1) is 25.2 Å². The lowest BCUT2D eigenvalue weighted by atomic mass is 9.91. The maximum absolute atomic E-state index is 13.5. The number of esters is 5. The second kappa shape index (κ2) is 39.8. The first kappa shape index (κ1) is 59.3. The Morgan fingerprint density at radius 1 is 0.419 bits per heavy atom. The van der Waals surface area contributed by atoms with Crippen molar-refractivity contribution in [2.24, 2.45) is 23.2 Å². The third-order valence-corrected chi connectivity index (χ3v) is 11.3. The molecular weight excluding hydrogens is 791 g/mol. The largest absolute Gasteiger partial charge is 0.465 e. The fraction of sp³-hybridized carbons (Fsp3) is 0.900. The van der Waals surface area contributed by atoms with Gasteiger partial charge in [0.15, 0.2) is 0 Å². The van der Waals surface area contributed by atoms with Gasteiger partial charge in [-0.3, -0.25) is 24.0 Å². The quantitative estimate of drug-likeness (QED) is 0.0326. The minimum absolute atomic E-state index is 0.00552. The molecule has 0 spiro atoms. The molecule has 12 heteroatoms. The third kappa shape index (κ3) is 33.8. The van der Waals surface area contributed by atoms with Gasteiger partial charge >= 0.3 is 29.8 Å². The minimum Gasteiger partial charge on any atom is -0.465 e. The van der Waals surface area contributed by atoms with E-state index in [0.717, 1.165) is 103 Å². The number of nitrogens with zero attached hydrogens (tertiary/aromatic N) is 1. The van der Waals surface area contributed by atoms with Crippen LogP contribution < -0.4 is 0 Å². The second-order valence-electron chi connectivity index (χ2n) is 18.1. The molecule has 0 aliphatic carbocycles. The molecule has 0 radical (unpaired) electrons. The summed E-state index contributed by atoms with van der Waals surface area (Å²) in [6.07, 6.45) is 19.6. The first-order valence-corrected chi connectivity index (χ1v) is 24.9. The van der Waals surface area contributed by atoms with E-state index in [2.05, 4.69) is 41.5 Å². The van der Waals surface area contributed by atoms with Crippen molar-refractivity contribution in [3.05, 3.63) is 0 Å². The van der Waals surface area contributed by atoms with E-state index < -0.39 is 17.4 Å². The first-order chi connectivity index (χ1) is 29.9. The molecule has 0 aliphatic heterocycles. The molecule has 364 valence electrons. The van der Waals surface area contributed by atoms with Gasteiger partial charge in [-0.15, -0.1) is 0 Å². The molecule has 1 atom stereocenters. The number of ether oxygens (including phenoxy) is 6. The molecule has 12 nitrogen and oxygen atoms in total. The van der Waals surface area contributed by atoms with Crippen molar-refractivity contribution < 1.29 is 52.4 Å². The predicted octanol–water partition coefficient (Wildman–Crippen LogP) is 11.0. The fourth-order valence-electron chi connectivity index (χ4n) is 7.60. The van der Waals surface area contributed by atoms with Crippen molar-refractivity contribution in [1.29, 1.82) is 0 Å². The zero-order chi connectivity index (χ0) is 46.3. The van der Waals surface area contributed by atoms with Gasteiger partial charge in [0.2, 0.25) is 0 Å². The molecule has 1 unspecified atom stereocenters. The Labute approximate surface area is 378 Å². The van der Waals surface area contributed by atoms with Crippen LogP contribution in [0.3, 0.4) is 0 Å². The first-order valence-electron chi connectivity index (χ1n) is 24.9. The van der Waals surface area contributed by atoms with E-state index in [1.807, 2.05) is 19.0 Å². The topological polar surface area (TPSA) is 144 Å². The van der Waals surface area contributed by atoms with E-state index in [4.69, 9.17) is 28.4 Å². The van der Waals surface area contributed by atoms with Crippen LogP contribution >= 0.6 is 0 Å². The summed E-state index contributed by atoms with van der Waals surface area (Å²) in [5.41, 5.74) is -1.18. The monoisotopic (exact) mass is 884 g/mol. The van der Waals surface area contributed by atoms with Crippen molar-refractivity contribution in [3.8, 4) is 0 Å². The highest BCUT2D eigenvalue weighted by atomic mass is 16.6. The Balaban J connectivity index is 5.89. The highest BCUT2D eigenvalue weighted by Gasteiger charge is 2.37. The number of unbranched alkanes of at least 4 members (excludes halogenated alkanes) is 5. The zero-order valence-electron chi connectivity index (χ0n) is 41.0. The van der Waals surface area contributed by atoms with Gasteiger partial charge in [-0.2, -0.15) is 0 Å². The number of rotatable bonds is 43. The van der Waals surface area contributed by atoms with Crippen molar-refractivity contribution in [3.63, 3.8) is 0 Å². The maximum atomic E-state index is 13.5. The van der Waals surface area contributed by atoms with Crippen LogP contribution in [0.25, 0.3) is 0 Å². The molecule has 0 rings (SSSR count). The Hall–Kier alpha value is -2.73. The maximum Gasteiger partial charge on any atom is 0.306 e. The Morgan fingerprint density at radius 2 is 0.839 bits per heavy atom. The number of hydrogen-bond acceptors (Lipinski definition) is 12. The number of carbonyl (C=O) groups is 5. The van der Waals surface area contributed by atoms with Crippen LogP contribution in [0, 0.1) is 23.2 Å². The van der Waals surface area contributed by atoms with Gasteiger partial charge in [0.1, 0.15) is 19.8 Å². The van der Waals surface area contributed by atoms with Crippen LogP contribution in [0.1, 0.15) is 202 Å².